The van der Waals surface area contributed by atoms with Gasteiger partial charge in [0.2, 0.25) is 0 Å². The highest BCUT2D eigenvalue weighted by Crippen LogP contribution is 2.29. The maximum absolute atomic E-state index is 12.2. The van der Waals surface area contributed by atoms with E-state index in [1.165, 1.54) is 0 Å². The number of nitrogens with zero attached hydrogens (tertiary/aromatic N) is 1. The predicted molar refractivity (Wildman–Crippen MR) is 114 cm³/mol. The zero-order chi connectivity index (χ0) is 20.8. The van der Waals surface area contributed by atoms with Crippen LogP contribution < -0.4 is 14.9 Å². The third-order valence-electron chi connectivity index (χ3n) is 4.19. The lowest BCUT2D eigenvalue weighted by Crippen LogP contribution is -2.33. The first kappa shape index (κ1) is 22.1. The number of benzene rings is 2. The lowest BCUT2D eigenvalue weighted by molar-refractivity contribution is -0.127. The van der Waals surface area contributed by atoms with Crippen molar-refractivity contribution >= 4 is 35.3 Å². The molecule has 1 atom stereocenters. The van der Waals surface area contributed by atoms with Gasteiger partial charge in [-0.3, -0.25) is 4.79 Å². The molecule has 1 N–H and O–H groups in total. The molecule has 0 aromatic heterocycles. The minimum absolute atomic E-state index is 0.301. The number of rotatable bonds is 7. The van der Waals surface area contributed by atoms with Gasteiger partial charge in [-0.05, 0) is 66.8 Å². The second kappa shape index (κ2) is 9.80. The highest BCUT2D eigenvalue weighted by molar-refractivity contribution is 6.35. The molecular formula is C21H24Cl2N2O3. The van der Waals surface area contributed by atoms with Crippen LogP contribution in [0.4, 0.5) is 0 Å². The van der Waals surface area contributed by atoms with Gasteiger partial charge in [-0.1, -0.05) is 37.0 Å². The minimum Gasteiger partial charge on any atom is -0.496 e. The molecule has 0 spiro atoms. The molecule has 0 aliphatic heterocycles. The fourth-order valence-electron chi connectivity index (χ4n) is 2.55. The Hall–Kier alpha value is -2.24. The minimum atomic E-state index is -0.779. The van der Waals surface area contributed by atoms with Crippen LogP contribution in [0.5, 0.6) is 11.5 Å². The van der Waals surface area contributed by atoms with Crippen LogP contribution in [0.1, 0.15) is 43.4 Å². The number of hydrogen-bond donors (Lipinski definition) is 1. The van der Waals surface area contributed by atoms with E-state index in [4.69, 9.17) is 32.7 Å². The van der Waals surface area contributed by atoms with E-state index in [0.29, 0.717) is 21.7 Å². The molecule has 7 heteroatoms. The summed E-state index contributed by atoms with van der Waals surface area (Å²) in [7, 11) is 1.66. The average Bonchev–Trinajstić information content (AvgIpc) is 2.64. The van der Waals surface area contributed by atoms with Crippen molar-refractivity contribution in [2.24, 2.45) is 5.10 Å². The van der Waals surface area contributed by atoms with Gasteiger partial charge in [-0.25, -0.2) is 5.43 Å². The van der Waals surface area contributed by atoms with Crippen LogP contribution in [0.25, 0.3) is 0 Å². The van der Waals surface area contributed by atoms with Crippen molar-refractivity contribution in [3.8, 4) is 11.5 Å². The molecule has 28 heavy (non-hydrogen) atoms. The van der Waals surface area contributed by atoms with Crippen molar-refractivity contribution in [2.45, 2.75) is 39.7 Å². The van der Waals surface area contributed by atoms with Gasteiger partial charge >= 0.3 is 0 Å². The van der Waals surface area contributed by atoms with Crippen LogP contribution in [-0.2, 0) is 4.79 Å². The molecule has 2 aromatic carbocycles. The molecule has 0 fully saturated rings. The van der Waals surface area contributed by atoms with Gasteiger partial charge in [0.05, 0.1) is 18.3 Å². The Labute approximate surface area is 175 Å². The number of aryl methyl sites for hydroxylation is 1. The van der Waals surface area contributed by atoms with Crippen molar-refractivity contribution in [3.63, 3.8) is 0 Å². The summed E-state index contributed by atoms with van der Waals surface area (Å²) in [6.07, 6.45) is 0.833. The van der Waals surface area contributed by atoms with E-state index in [1.807, 2.05) is 19.1 Å². The molecular weight excluding hydrogens is 399 g/mol. The van der Waals surface area contributed by atoms with Crippen LogP contribution >= 0.6 is 23.2 Å². The number of carbonyl (C=O) groups is 1. The number of carbonyl (C=O) groups excluding carboxylic acids is 1. The van der Waals surface area contributed by atoms with Gasteiger partial charge in [0.15, 0.2) is 6.10 Å². The van der Waals surface area contributed by atoms with E-state index < -0.39 is 12.0 Å². The second-order valence-electron chi connectivity index (χ2n) is 6.67. The molecule has 0 bridgehead atoms. The lowest BCUT2D eigenvalue weighted by Gasteiger charge is -2.15. The molecule has 150 valence electrons. The van der Waals surface area contributed by atoms with E-state index in [0.717, 1.165) is 22.4 Å². The summed E-state index contributed by atoms with van der Waals surface area (Å²) in [6, 6.07) is 8.80. The van der Waals surface area contributed by atoms with Crippen LogP contribution in [0.2, 0.25) is 10.0 Å². The number of hydrazone groups is 1. The number of ether oxygens (including phenoxy) is 2. The molecule has 2 aromatic rings. The quantitative estimate of drug-likeness (QED) is 0.482. The molecule has 0 saturated carbocycles. The van der Waals surface area contributed by atoms with Gasteiger partial charge < -0.3 is 9.47 Å². The van der Waals surface area contributed by atoms with E-state index in [-0.39, 0.29) is 0 Å². The summed E-state index contributed by atoms with van der Waals surface area (Å²) in [4.78, 5) is 12.2. The van der Waals surface area contributed by atoms with E-state index in [2.05, 4.69) is 24.4 Å². The summed E-state index contributed by atoms with van der Waals surface area (Å²) in [5.74, 6) is 1.13. The van der Waals surface area contributed by atoms with E-state index in [9.17, 15) is 4.79 Å². The third kappa shape index (κ3) is 5.63. The Kier molecular flexibility index (Phi) is 7.72. The summed E-state index contributed by atoms with van der Waals surface area (Å²) in [5.41, 5.74) is 5.47. The zero-order valence-electron chi connectivity index (χ0n) is 16.5. The van der Waals surface area contributed by atoms with Gasteiger partial charge in [0.1, 0.15) is 11.5 Å². The summed E-state index contributed by atoms with van der Waals surface area (Å²) in [5, 5.41) is 4.89. The highest BCUT2D eigenvalue weighted by atomic mass is 35.5. The fourth-order valence-corrected chi connectivity index (χ4v) is 3.01. The first-order valence-electron chi connectivity index (χ1n) is 8.86. The first-order valence-corrected chi connectivity index (χ1v) is 9.61. The fraction of sp³-hybridized carbons (Fsp3) is 0.333. The smallest absolute Gasteiger partial charge is 0.280 e. The summed E-state index contributed by atoms with van der Waals surface area (Å²) >= 11 is 11.9. The highest BCUT2D eigenvalue weighted by Gasteiger charge is 2.16. The number of halogens is 2. The molecule has 0 saturated heterocycles. The SMILES string of the molecule is COc1cc(C)c(C=NNC(=O)[C@@H](C)Oc2ccc(Cl)cc2Cl)cc1C(C)C. The van der Waals surface area contributed by atoms with E-state index >= 15 is 0 Å². The van der Waals surface area contributed by atoms with Crippen LogP contribution in [-0.4, -0.2) is 25.3 Å². The predicted octanol–water partition coefficient (Wildman–Crippen LogP) is 5.35. The van der Waals surface area contributed by atoms with Gasteiger partial charge in [-0.2, -0.15) is 5.10 Å². The Morgan fingerprint density at radius 2 is 1.86 bits per heavy atom. The molecule has 0 radical (unpaired) electrons. The molecule has 1 amide bonds. The van der Waals surface area contributed by atoms with Crippen molar-refractivity contribution in [3.05, 3.63) is 57.1 Å². The maximum atomic E-state index is 12.2. The van der Waals surface area contributed by atoms with Crippen molar-refractivity contribution < 1.29 is 14.3 Å². The Morgan fingerprint density at radius 3 is 2.46 bits per heavy atom. The third-order valence-corrected chi connectivity index (χ3v) is 4.72. The zero-order valence-corrected chi connectivity index (χ0v) is 18.1. The van der Waals surface area contributed by atoms with Crippen LogP contribution in [0.3, 0.4) is 0 Å². The molecule has 0 unspecified atom stereocenters. The van der Waals surface area contributed by atoms with E-state index in [1.54, 1.807) is 38.4 Å². The normalized spacial score (nSPS) is 12.3. The van der Waals surface area contributed by atoms with Crippen molar-refractivity contribution in [2.75, 3.05) is 7.11 Å². The molecule has 0 aliphatic carbocycles. The van der Waals surface area contributed by atoms with Gasteiger partial charge in [0, 0.05) is 5.02 Å². The maximum Gasteiger partial charge on any atom is 0.280 e. The Balaban J connectivity index is 2.05. The summed E-state index contributed by atoms with van der Waals surface area (Å²) in [6.45, 7) is 7.77. The lowest BCUT2D eigenvalue weighted by atomic mass is 9.97. The molecule has 5 nitrogen and oxygen atoms in total. The standard InChI is InChI=1S/C21H24Cl2N2O3/c1-12(2)17-9-15(13(3)8-20(17)27-5)11-24-25-21(26)14(4)28-19-7-6-16(22)10-18(19)23/h6-12,14H,1-5H3,(H,25,26)/t14-/m1/s1. The monoisotopic (exact) mass is 422 g/mol. The topological polar surface area (TPSA) is 59.9 Å². The number of nitrogens with one attached hydrogen (secondary N) is 1. The first-order chi connectivity index (χ1) is 13.2. The second-order valence-corrected chi connectivity index (χ2v) is 7.52. The molecule has 2 rings (SSSR count). The number of amides is 1. The number of hydrogen-bond acceptors (Lipinski definition) is 4. The average molecular weight is 423 g/mol. The van der Waals surface area contributed by atoms with Crippen molar-refractivity contribution in [1.29, 1.82) is 0 Å². The molecule has 0 heterocycles. The van der Waals surface area contributed by atoms with Gasteiger partial charge in [-0.15, -0.1) is 0 Å². The summed E-state index contributed by atoms with van der Waals surface area (Å²) < 4.78 is 11.0. The van der Waals surface area contributed by atoms with Crippen LogP contribution in [0, 0.1) is 6.92 Å². The Morgan fingerprint density at radius 1 is 1.14 bits per heavy atom. The van der Waals surface area contributed by atoms with Crippen LogP contribution in [0.15, 0.2) is 35.4 Å². The molecule has 0 aliphatic rings. The largest absolute Gasteiger partial charge is 0.496 e. The Bertz CT molecular complexity index is 882. The number of methoxy groups -OCH3 is 1. The van der Waals surface area contributed by atoms with Crippen molar-refractivity contribution in [1.82, 2.24) is 5.43 Å². The van der Waals surface area contributed by atoms with Gasteiger partial charge in [0.25, 0.3) is 5.91 Å².